The summed E-state index contributed by atoms with van der Waals surface area (Å²) in [5, 5.41) is 0.952. The molecule has 1 amide bonds. The number of hydrogen-bond donors (Lipinski definition) is 0. The highest BCUT2D eigenvalue weighted by Crippen LogP contribution is 2.25. The van der Waals surface area contributed by atoms with Gasteiger partial charge >= 0.3 is 0 Å². The SMILES string of the molecule is CCc1nc(C)c(C(=O)N2CCN(S(=O)(=O)c3ccc(C(C)CC)cc3)CC2)s1. The summed E-state index contributed by atoms with van der Waals surface area (Å²) in [6.45, 7) is 9.52. The third-order valence-corrected chi connectivity index (χ3v) is 8.77. The van der Waals surface area contributed by atoms with Crippen LogP contribution in [0.2, 0.25) is 0 Å². The van der Waals surface area contributed by atoms with Gasteiger partial charge in [0.1, 0.15) is 4.88 Å². The number of carbonyl (C=O) groups excluding carboxylic acids is 1. The lowest BCUT2D eigenvalue weighted by Gasteiger charge is -2.33. The quantitative estimate of drug-likeness (QED) is 0.694. The van der Waals surface area contributed by atoms with Gasteiger partial charge in [-0.15, -0.1) is 11.3 Å². The molecule has 1 atom stereocenters. The smallest absolute Gasteiger partial charge is 0.265 e. The molecule has 0 spiro atoms. The zero-order chi connectivity index (χ0) is 21.2. The first-order valence-corrected chi connectivity index (χ1v) is 12.4. The van der Waals surface area contributed by atoms with Crippen LogP contribution >= 0.6 is 11.3 Å². The summed E-state index contributed by atoms with van der Waals surface area (Å²) >= 11 is 1.44. The standard InChI is InChI=1S/C21H29N3O3S2/c1-5-15(3)17-7-9-18(10-8-17)29(26,27)24-13-11-23(12-14-24)21(25)20-16(4)22-19(6-2)28-20/h7-10,15H,5-6,11-14H2,1-4H3. The van der Waals surface area contributed by atoms with Gasteiger partial charge < -0.3 is 4.90 Å². The molecule has 1 aromatic carbocycles. The van der Waals surface area contributed by atoms with Crippen LogP contribution in [0.15, 0.2) is 29.2 Å². The van der Waals surface area contributed by atoms with Gasteiger partial charge in [-0.25, -0.2) is 13.4 Å². The van der Waals surface area contributed by atoms with Crippen LogP contribution in [0.5, 0.6) is 0 Å². The van der Waals surface area contributed by atoms with Crippen molar-refractivity contribution in [2.75, 3.05) is 26.2 Å². The number of carbonyl (C=O) groups is 1. The molecule has 0 radical (unpaired) electrons. The molecule has 1 unspecified atom stereocenters. The summed E-state index contributed by atoms with van der Waals surface area (Å²) in [5.41, 5.74) is 1.90. The molecule has 1 saturated heterocycles. The van der Waals surface area contributed by atoms with E-state index in [1.165, 1.54) is 15.6 Å². The fraction of sp³-hybridized carbons (Fsp3) is 0.524. The lowest BCUT2D eigenvalue weighted by Crippen LogP contribution is -2.50. The van der Waals surface area contributed by atoms with Crippen molar-refractivity contribution in [3.8, 4) is 0 Å². The van der Waals surface area contributed by atoms with Gasteiger partial charge in [0, 0.05) is 26.2 Å². The average Bonchev–Trinajstić information content (AvgIpc) is 3.13. The van der Waals surface area contributed by atoms with Crippen LogP contribution in [0.1, 0.15) is 59.0 Å². The van der Waals surface area contributed by atoms with Gasteiger partial charge in [-0.3, -0.25) is 4.79 Å². The number of amides is 1. The molecule has 0 bridgehead atoms. The van der Waals surface area contributed by atoms with Gasteiger partial charge in [0.05, 0.1) is 15.6 Å². The Morgan fingerprint density at radius 2 is 1.76 bits per heavy atom. The summed E-state index contributed by atoms with van der Waals surface area (Å²) < 4.78 is 27.5. The van der Waals surface area contributed by atoms with Gasteiger partial charge in [0.25, 0.3) is 5.91 Å². The number of thiazole rings is 1. The minimum atomic E-state index is -3.55. The first kappa shape index (κ1) is 21.9. The molecule has 2 heterocycles. The number of aryl methyl sites for hydroxylation is 2. The van der Waals surface area contributed by atoms with Crippen molar-refractivity contribution in [2.45, 2.75) is 51.3 Å². The van der Waals surface area contributed by atoms with Crippen molar-refractivity contribution < 1.29 is 13.2 Å². The van der Waals surface area contributed by atoms with E-state index in [4.69, 9.17) is 0 Å². The molecule has 1 fully saturated rings. The van der Waals surface area contributed by atoms with Crippen molar-refractivity contribution >= 4 is 27.3 Å². The Morgan fingerprint density at radius 3 is 2.28 bits per heavy atom. The number of piperazine rings is 1. The monoisotopic (exact) mass is 435 g/mol. The van der Waals surface area contributed by atoms with Crippen LogP contribution in [0.3, 0.4) is 0 Å². The minimum Gasteiger partial charge on any atom is -0.335 e. The van der Waals surface area contributed by atoms with E-state index in [1.807, 2.05) is 26.0 Å². The van der Waals surface area contributed by atoms with Gasteiger partial charge in [-0.1, -0.05) is 32.9 Å². The fourth-order valence-corrected chi connectivity index (χ4v) is 5.82. The van der Waals surface area contributed by atoms with Gasteiger partial charge in [0.15, 0.2) is 0 Å². The van der Waals surface area contributed by atoms with E-state index in [0.29, 0.717) is 41.9 Å². The van der Waals surface area contributed by atoms with Crippen molar-refractivity contribution in [1.82, 2.24) is 14.2 Å². The van der Waals surface area contributed by atoms with E-state index >= 15 is 0 Å². The maximum atomic E-state index is 13.0. The Balaban J connectivity index is 1.67. The molecule has 3 rings (SSSR count). The Morgan fingerprint density at radius 1 is 1.14 bits per heavy atom. The Labute approximate surface area is 177 Å². The molecule has 8 heteroatoms. The molecule has 0 aliphatic carbocycles. The van der Waals surface area contributed by atoms with Crippen molar-refractivity contribution in [3.05, 3.63) is 45.4 Å². The number of rotatable bonds is 6. The number of aromatic nitrogens is 1. The molecule has 0 N–H and O–H groups in total. The van der Waals surface area contributed by atoms with Gasteiger partial charge in [0.2, 0.25) is 10.0 Å². The summed E-state index contributed by atoms with van der Waals surface area (Å²) in [6, 6.07) is 7.19. The van der Waals surface area contributed by atoms with Crippen LogP contribution in [-0.2, 0) is 16.4 Å². The van der Waals surface area contributed by atoms with E-state index in [0.717, 1.165) is 29.1 Å². The highest BCUT2D eigenvalue weighted by atomic mass is 32.2. The Kier molecular flexibility index (Phi) is 6.76. The first-order valence-electron chi connectivity index (χ1n) is 10.1. The van der Waals surface area contributed by atoms with E-state index in [1.54, 1.807) is 17.0 Å². The summed E-state index contributed by atoms with van der Waals surface area (Å²) in [6.07, 6.45) is 1.82. The van der Waals surface area contributed by atoms with Gasteiger partial charge in [-0.2, -0.15) is 4.31 Å². The number of sulfonamides is 1. The summed E-state index contributed by atoms with van der Waals surface area (Å²) in [4.78, 5) is 20.0. The third-order valence-electron chi connectivity index (χ3n) is 5.56. The van der Waals surface area contributed by atoms with Crippen LogP contribution in [0.25, 0.3) is 0 Å². The molecule has 0 saturated carbocycles. The molecule has 158 valence electrons. The minimum absolute atomic E-state index is 0.0466. The summed E-state index contributed by atoms with van der Waals surface area (Å²) in [5.74, 6) is 0.361. The van der Waals surface area contributed by atoms with E-state index in [9.17, 15) is 13.2 Å². The number of nitrogens with zero attached hydrogens (tertiary/aromatic N) is 3. The second-order valence-corrected chi connectivity index (χ2v) is 10.5. The number of benzene rings is 1. The largest absolute Gasteiger partial charge is 0.335 e. The molecule has 29 heavy (non-hydrogen) atoms. The highest BCUT2D eigenvalue weighted by molar-refractivity contribution is 7.89. The zero-order valence-electron chi connectivity index (χ0n) is 17.5. The fourth-order valence-electron chi connectivity index (χ4n) is 3.43. The zero-order valence-corrected chi connectivity index (χ0v) is 19.1. The maximum absolute atomic E-state index is 13.0. The summed E-state index contributed by atoms with van der Waals surface area (Å²) in [7, 11) is -3.55. The van der Waals surface area contributed by atoms with Gasteiger partial charge in [-0.05, 0) is 43.4 Å². The van der Waals surface area contributed by atoms with Crippen molar-refractivity contribution in [1.29, 1.82) is 0 Å². The van der Waals surface area contributed by atoms with Crippen molar-refractivity contribution in [3.63, 3.8) is 0 Å². The molecular formula is C21H29N3O3S2. The normalized spacial score (nSPS) is 16.8. The third kappa shape index (κ3) is 4.54. The second-order valence-electron chi connectivity index (χ2n) is 7.45. The van der Waals surface area contributed by atoms with Crippen LogP contribution in [-0.4, -0.2) is 54.7 Å². The van der Waals surface area contributed by atoms with Crippen LogP contribution < -0.4 is 0 Å². The predicted octanol–water partition coefficient (Wildman–Crippen LogP) is 3.67. The van der Waals surface area contributed by atoms with E-state index < -0.39 is 10.0 Å². The molecule has 2 aromatic rings. The molecule has 6 nitrogen and oxygen atoms in total. The Bertz CT molecular complexity index is 960. The molecule has 1 aliphatic heterocycles. The van der Waals surface area contributed by atoms with Crippen LogP contribution in [0.4, 0.5) is 0 Å². The molecule has 1 aromatic heterocycles. The maximum Gasteiger partial charge on any atom is 0.265 e. The molecular weight excluding hydrogens is 406 g/mol. The predicted molar refractivity (Wildman–Crippen MR) is 116 cm³/mol. The highest BCUT2D eigenvalue weighted by Gasteiger charge is 2.31. The topological polar surface area (TPSA) is 70.6 Å². The first-order chi connectivity index (χ1) is 13.8. The van der Waals surface area contributed by atoms with Crippen molar-refractivity contribution in [2.24, 2.45) is 0 Å². The lowest BCUT2D eigenvalue weighted by molar-refractivity contribution is 0.0702. The average molecular weight is 436 g/mol. The second kappa shape index (κ2) is 8.93. The Hall–Kier alpha value is -1.77. The van der Waals surface area contributed by atoms with Crippen LogP contribution in [0, 0.1) is 6.92 Å². The lowest BCUT2D eigenvalue weighted by atomic mass is 9.99. The van der Waals surface area contributed by atoms with E-state index in [-0.39, 0.29) is 5.91 Å². The molecule has 1 aliphatic rings. The van der Waals surface area contributed by atoms with E-state index in [2.05, 4.69) is 18.8 Å². The number of hydrogen-bond acceptors (Lipinski definition) is 5.